The molecular formula is C12H15ClN2O2. The van der Waals surface area contributed by atoms with Gasteiger partial charge in [-0.1, -0.05) is 0 Å². The molecule has 1 aromatic rings. The van der Waals surface area contributed by atoms with Crippen molar-refractivity contribution in [1.29, 1.82) is 0 Å². The van der Waals surface area contributed by atoms with Crippen LogP contribution in [0.4, 0.5) is 0 Å². The van der Waals surface area contributed by atoms with Crippen molar-refractivity contribution in [1.82, 2.24) is 9.88 Å². The number of aromatic nitrogens is 1. The van der Waals surface area contributed by atoms with Crippen LogP contribution in [-0.2, 0) is 7.05 Å². The van der Waals surface area contributed by atoms with Crippen LogP contribution in [0.2, 0.25) is 0 Å². The molecule has 5 heteroatoms. The van der Waals surface area contributed by atoms with E-state index in [9.17, 15) is 9.59 Å². The standard InChI is InChI=1S/C12H15ClN2O2/c1-15-5-2-9(6-10(15)16)11(17)14-8-12(7-13)3-4-12/h2,5-6H,3-4,7-8H2,1H3,(H,14,17). The summed E-state index contributed by atoms with van der Waals surface area (Å²) in [4.78, 5) is 23.2. The minimum atomic E-state index is -0.209. The monoisotopic (exact) mass is 254 g/mol. The average molecular weight is 255 g/mol. The Kier molecular flexibility index (Phi) is 3.24. The second-order valence-electron chi connectivity index (χ2n) is 4.68. The van der Waals surface area contributed by atoms with Crippen molar-refractivity contribution in [2.75, 3.05) is 12.4 Å². The first-order valence-electron chi connectivity index (χ1n) is 5.57. The van der Waals surface area contributed by atoms with E-state index in [0.717, 1.165) is 12.8 Å². The first-order chi connectivity index (χ1) is 8.06. The van der Waals surface area contributed by atoms with Crippen molar-refractivity contribution in [3.63, 3.8) is 0 Å². The lowest BCUT2D eigenvalue weighted by Crippen LogP contribution is -2.32. The molecule has 1 N–H and O–H groups in total. The van der Waals surface area contributed by atoms with Gasteiger partial charge in [-0.3, -0.25) is 9.59 Å². The van der Waals surface area contributed by atoms with Crippen molar-refractivity contribution in [2.24, 2.45) is 12.5 Å². The lowest BCUT2D eigenvalue weighted by molar-refractivity contribution is 0.0946. The SMILES string of the molecule is Cn1ccc(C(=O)NCC2(CCl)CC2)cc1=O. The Morgan fingerprint density at radius 3 is 2.82 bits per heavy atom. The molecule has 0 bridgehead atoms. The summed E-state index contributed by atoms with van der Waals surface area (Å²) in [5, 5.41) is 2.83. The Morgan fingerprint density at radius 1 is 1.59 bits per heavy atom. The molecule has 92 valence electrons. The van der Waals surface area contributed by atoms with Crippen molar-refractivity contribution in [2.45, 2.75) is 12.8 Å². The molecular weight excluding hydrogens is 240 g/mol. The smallest absolute Gasteiger partial charge is 0.251 e. The number of hydrogen-bond acceptors (Lipinski definition) is 2. The maximum atomic E-state index is 11.8. The molecule has 0 atom stereocenters. The number of carbonyl (C=O) groups is 1. The van der Waals surface area contributed by atoms with Crippen LogP contribution in [0, 0.1) is 5.41 Å². The predicted octanol–water partition coefficient (Wildman–Crippen LogP) is 1.13. The topological polar surface area (TPSA) is 51.1 Å². The first-order valence-corrected chi connectivity index (χ1v) is 6.11. The van der Waals surface area contributed by atoms with Crippen LogP contribution >= 0.6 is 11.6 Å². The molecule has 0 aliphatic heterocycles. The van der Waals surface area contributed by atoms with Crippen LogP contribution in [0.5, 0.6) is 0 Å². The molecule has 1 aliphatic rings. The number of halogens is 1. The van der Waals surface area contributed by atoms with E-state index in [1.807, 2.05) is 0 Å². The largest absolute Gasteiger partial charge is 0.351 e. The maximum absolute atomic E-state index is 11.8. The highest BCUT2D eigenvalue weighted by molar-refractivity contribution is 6.18. The van der Waals surface area contributed by atoms with Gasteiger partial charge in [-0.2, -0.15) is 0 Å². The number of amides is 1. The summed E-state index contributed by atoms with van der Waals surface area (Å²) in [6, 6.07) is 2.98. The van der Waals surface area contributed by atoms with Gasteiger partial charge in [0.25, 0.3) is 11.5 Å². The first kappa shape index (κ1) is 12.2. The third-order valence-corrected chi connectivity index (χ3v) is 3.80. The molecule has 1 aliphatic carbocycles. The summed E-state index contributed by atoms with van der Waals surface area (Å²) in [5.41, 5.74) is 0.311. The maximum Gasteiger partial charge on any atom is 0.251 e. The van der Waals surface area contributed by atoms with Gasteiger partial charge >= 0.3 is 0 Å². The van der Waals surface area contributed by atoms with E-state index in [-0.39, 0.29) is 16.9 Å². The summed E-state index contributed by atoms with van der Waals surface area (Å²) in [7, 11) is 1.65. The van der Waals surface area contributed by atoms with Gasteiger partial charge in [0.15, 0.2) is 0 Å². The Morgan fingerprint density at radius 2 is 2.29 bits per heavy atom. The van der Waals surface area contributed by atoms with E-state index in [4.69, 9.17) is 11.6 Å². The zero-order chi connectivity index (χ0) is 12.5. The number of nitrogens with one attached hydrogen (secondary N) is 1. The number of pyridine rings is 1. The van der Waals surface area contributed by atoms with Crippen molar-refractivity contribution in [3.05, 3.63) is 34.2 Å². The Bertz CT molecular complexity index is 492. The lowest BCUT2D eigenvalue weighted by atomic mass is 10.1. The van der Waals surface area contributed by atoms with E-state index in [1.54, 1.807) is 19.3 Å². The van der Waals surface area contributed by atoms with Gasteiger partial charge in [-0.15, -0.1) is 11.6 Å². The number of carbonyl (C=O) groups excluding carboxylic acids is 1. The van der Waals surface area contributed by atoms with Crippen LogP contribution < -0.4 is 10.9 Å². The minimum absolute atomic E-state index is 0.0942. The van der Waals surface area contributed by atoms with E-state index in [1.165, 1.54) is 10.6 Å². The fourth-order valence-electron chi connectivity index (χ4n) is 1.59. The fraction of sp³-hybridized carbons (Fsp3) is 0.500. The quantitative estimate of drug-likeness (QED) is 0.819. The highest BCUT2D eigenvalue weighted by Gasteiger charge is 2.41. The Labute approximate surface area is 105 Å². The van der Waals surface area contributed by atoms with Crippen LogP contribution in [-0.4, -0.2) is 22.9 Å². The molecule has 1 saturated carbocycles. The van der Waals surface area contributed by atoms with Gasteiger partial charge < -0.3 is 9.88 Å². The molecule has 0 radical (unpaired) electrons. The summed E-state index contributed by atoms with van der Waals surface area (Å²) >= 11 is 5.83. The molecule has 4 nitrogen and oxygen atoms in total. The molecule has 2 rings (SSSR count). The molecule has 1 fully saturated rings. The summed E-state index contributed by atoms with van der Waals surface area (Å²) < 4.78 is 1.43. The third kappa shape index (κ3) is 2.69. The number of aryl methyl sites for hydroxylation is 1. The zero-order valence-electron chi connectivity index (χ0n) is 9.70. The van der Waals surface area contributed by atoms with Crippen LogP contribution in [0.25, 0.3) is 0 Å². The molecule has 1 aromatic heterocycles. The van der Waals surface area contributed by atoms with Gasteiger partial charge in [0.1, 0.15) is 0 Å². The Balaban J connectivity index is 2.00. The average Bonchev–Trinajstić information content (AvgIpc) is 3.10. The molecule has 0 saturated heterocycles. The van der Waals surface area contributed by atoms with Gasteiger partial charge in [0.05, 0.1) is 0 Å². The van der Waals surface area contributed by atoms with E-state index in [0.29, 0.717) is 18.0 Å². The van der Waals surface area contributed by atoms with Crippen LogP contribution in [0.1, 0.15) is 23.2 Å². The Hall–Kier alpha value is -1.29. The summed E-state index contributed by atoms with van der Waals surface area (Å²) in [5.74, 6) is 0.364. The minimum Gasteiger partial charge on any atom is -0.351 e. The predicted molar refractivity (Wildman–Crippen MR) is 66.4 cm³/mol. The zero-order valence-corrected chi connectivity index (χ0v) is 10.5. The molecule has 0 unspecified atom stereocenters. The van der Waals surface area contributed by atoms with E-state index in [2.05, 4.69) is 5.32 Å². The van der Waals surface area contributed by atoms with Crippen LogP contribution in [0.3, 0.4) is 0 Å². The molecule has 1 amide bonds. The van der Waals surface area contributed by atoms with Crippen molar-refractivity contribution >= 4 is 17.5 Å². The number of rotatable bonds is 4. The van der Waals surface area contributed by atoms with Gasteiger partial charge in [0, 0.05) is 42.7 Å². The van der Waals surface area contributed by atoms with Crippen LogP contribution in [0.15, 0.2) is 23.1 Å². The highest BCUT2D eigenvalue weighted by atomic mass is 35.5. The lowest BCUT2D eigenvalue weighted by Gasteiger charge is -2.12. The van der Waals surface area contributed by atoms with E-state index >= 15 is 0 Å². The van der Waals surface area contributed by atoms with Gasteiger partial charge in [0.2, 0.25) is 0 Å². The van der Waals surface area contributed by atoms with Gasteiger partial charge in [-0.25, -0.2) is 0 Å². The second kappa shape index (κ2) is 4.53. The molecule has 0 spiro atoms. The number of alkyl halides is 1. The fourth-order valence-corrected chi connectivity index (χ4v) is 1.96. The normalized spacial score (nSPS) is 16.6. The molecule has 0 aromatic carbocycles. The summed E-state index contributed by atoms with van der Waals surface area (Å²) in [6.07, 6.45) is 3.71. The molecule has 1 heterocycles. The van der Waals surface area contributed by atoms with E-state index < -0.39 is 0 Å². The van der Waals surface area contributed by atoms with Crippen molar-refractivity contribution < 1.29 is 4.79 Å². The number of hydrogen-bond donors (Lipinski definition) is 1. The van der Waals surface area contributed by atoms with Crippen molar-refractivity contribution in [3.8, 4) is 0 Å². The number of nitrogens with zero attached hydrogens (tertiary/aromatic N) is 1. The third-order valence-electron chi connectivity index (χ3n) is 3.23. The second-order valence-corrected chi connectivity index (χ2v) is 4.95. The van der Waals surface area contributed by atoms with Gasteiger partial charge in [-0.05, 0) is 18.9 Å². The molecule has 17 heavy (non-hydrogen) atoms. The summed E-state index contributed by atoms with van der Waals surface area (Å²) in [6.45, 7) is 0.588. The highest BCUT2D eigenvalue weighted by Crippen LogP contribution is 2.45.